The van der Waals surface area contributed by atoms with E-state index in [0.29, 0.717) is 6.42 Å². The van der Waals surface area contributed by atoms with Gasteiger partial charge >= 0.3 is 6.03 Å². The number of benzene rings is 1. The number of anilines is 1. The van der Waals surface area contributed by atoms with Crippen molar-refractivity contribution in [3.05, 3.63) is 46.2 Å². The van der Waals surface area contributed by atoms with Gasteiger partial charge in [-0.15, -0.1) is 0 Å². The van der Waals surface area contributed by atoms with Gasteiger partial charge in [-0.2, -0.15) is 5.10 Å². The fraction of sp³-hybridized carbons (Fsp3) is 0.286. The Bertz CT molecular complexity index is 666. The van der Waals surface area contributed by atoms with Crippen LogP contribution in [0.4, 0.5) is 19.3 Å². The monoisotopic (exact) mass is 328 g/mol. The zero-order valence-corrected chi connectivity index (χ0v) is 12.8. The fourth-order valence-electron chi connectivity index (χ4n) is 1.98. The lowest BCUT2D eigenvalue weighted by Crippen LogP contribution is -2.37. The number of carbonyl (C=O) groups excluding carboxylic acids is 1. The lowest BCUT2D eigenvalue weighted by molar-refractivity contribution is 0.249. The number of hydrogen-bond acceptors (Lipinski definition) is 2. The van der Waals surface area contributed by atoms with Crippen molar-refractivity contribution in [3.63, 3.8) is 0 Å². The lowest BCUT2D eigenvalue weighted by Gasteiger charge is -2.14. The first-order valence-electron chi connectivity index (χ1n) is 6.58. The Kier molecular flexibility index (Phi) is 4.97. The van der Waals surface area contributed by atoms with Crippen LogP contribution in [0.3, 0.4) is 0 Å². The van der Waals surface area contributed by atoms with Crippen molar-refractivity contribution in [2.75, 3.05) is 5.32 Å². The molecule has 0 aliphatic carbocycles. The third kappa shape index (κ3) is 4.17. The smallest absolute Gasteiger partial charge is 0.319 e. The van der Waals surface area contributed by atoms with Gasteiger partial charge in [0.05, 0.1) is 5.69 Å². The minimum absolute atomic E-state index is 0.0803. The molecule has 8 heteroatoms. The number of aryl methyl sites for hydroxylation is 1. The number of halogens is 3. The van der Waals surface area contributed by atoms with Gasteiger partial charge in [-0.25, -0.2) is 13.6 Å². The molecule has 1 aromatic heterocycles. The van der Waals surface area contributed by atoms with E-state index in [4.69, 9.17) is 11.6 Å². The van der Waals surface area contributed by atoms with Crippen LogP contribution in [-0.2, 0) is 6.42 Å². The van der Waals surface area contributed by atoms with E-state index in [1.165, 1.54) is 0 Å². The number of nitrogens with zero attached hydrogens (tertiary/aromatic N) is 1. The van der Waals surface area contributed by atoms with Crippen molar-refractivity contribution in [1.82, 2.24) is 15.5 Å². The molecule has 5 nitrogen and oxygen atoms in total. The van der Waals surface area contributed by atoms with Gasteiger partial charge in [-0.1, -0.05) is 11.6 Å². The van der Waals surface area contributed by atoms with Gasteiger partial charge < -0.3 is 10.6 Å². The molecule has 0 bridgehead atoms. The summed E-state index contributed by atoms with van der Waals surface area (Å²) in [5.74, 6) is -1.87. The summed E-state index contributed by atoms with van der Waals surface area (Å²) in [6, 6.07) is 2.74. The van der Waals surface area contributed by atoms with Crippen molar-refractivity contribution in [1.29, 1.82) is 0 Å². The summed E-state index contributed by atoms with van der Waals surface area (Å²) in [5.41, 5.74) is 1.16. The van der Waals surface area contributed by atoms with E-state index in [9.17, 15) is 13.6 Å². The van der Waals surface area contributed by atoms with Crippen molar-refractivity contribution in [2.45, 2.75) is 26.3 Å². The van der Waals surface area contributed by atoms with Gasteiger partial charge in [0.25, 0.3) is 0 Å². The lowest BCUT2D eigenvalue weighted by atomic mass is 10.2. The first-order chi connectivity index (χ1) is 10.3. The van der Waals surface area contributed by atoms with Crippen LogP contribution >= 0.6 is 11.6 Å². The van der Waals surface area contributed by atoms with Gasteiger partial charge in [-0.3, -0.25) is 5.10 Å². The molecule has 3 N–H and O–H groups in total. The highest BCUT2D eigenvalue weighted by Gasteiger charge is 2.15. The number of aromatic nitrogens is 2. The average molecular weight is 329 g/mol. The minimum Gasteiger partial charge on any atom is -0.335 e. The van der Waals surface area contributed by atoms with Crippen LogP contribution in [-0.4, -0.2) is 22.3 Å². The summed E-state index contributed by atoms with van der Waals surface area (Å²) in [5, 5.41) is 11.5. The van der Waals surface area contributed by atoms with Crippen LogP contribution in [0.1, 0.15) is 18.3 Å². The highest BCUT2D eigenvalue weighted by molar-refractivity contribution is 6.30. The summed E-state index contributed by atoms with van der Waals surface area (Å²) < 4.78 is 27.2. The number of rotatable bonds is 4. The number of aromatic amines is 1. The van der Waals surface area contributed by atoms with Gasteiger partial charge in [0.1, 0.15) is 5.69 Å². The average Bonchev–Trinajstić information content (AvgIpc) is 2.79. The van der Waals surface area contributed by atoms with E-state index in [1.54, 1.807) is 6.92 Å². The molecule has 0 aliphatic rings. The highest BCUT2D eigenvalue weighted by atomic mass is 35.5. The molecule has 0 aliphatic heterocycles. The Morgan fingerprint density at radius 3 is 2.55 bits per heavy atom. The molecule has 2 rings (SSSR count). The maximum atomic E-state index is 13.6. The summed E-state index contributed by atoms with van der Waals surface area (Å²) in [6.07, 6.45) is 0.489. The van der Waals surface area contributed by atoms with Crippen molar-refractivity contribution in [3.8, 4) is 0 Å². The van der Waals surface area contributed by atoms with Gasteiger partial charge in [0.2, 0.25) is 0 Å². The molecule has 0 radical (unpaired) electrons. The second-order valence-corrected chi connectivity index (χ2v) is 5.43. The summed E-state index contributed by atoms with van der Waals surface area (Å²) in [4.78, 5) is 11.8. The standard InChI is InChI=1S/C14H15ClF2N4O/c1-7(3-10-4-8(2)20-21-10)18-14(22)19-13-11(16)5-9(15)6-12(13)17/h4-7H,3H2,1-2H3,(H,20,21)(H2,18,19,22)/t7-/m0/s1. The largest absolute Gasteiger partial charge is 0.335 e. The van der Waals surface area contributed by atoms with E-state index in [-0.39, 0.29) is 11.1 Å². The topological polar surface area (TPSA) is 69.8 Å². The zero-order valence-electron chi connectivity index (χ0n) is 12.0. The van der Waals surface area contributed by atoms with Crippen molar-refractivity contribution < 1.29 is 13.6 Å². The zero-order chi connectivity index (χ0) is 16.3. The fourth-order valence-corrected chi connectivity index (χ4v) is 2.17. The molecule has 2 amide bonds. The Balaban J connectivity index is 1.95. The molecule has 0 fully saturated rings. The second kappa shape index (κ2) is 6.74. The number of amides is 2. The first-order valence-corrected chi connectivity index (χ1v) is 6.96. The molecule has 22 heavy (non-hydrogen) atoms. The summed E-state index contributed by atoms with van der Waals surface area (Å²) >= 11 is 5.52. The molecule has 2 aromatic rings. The number of hydrogen-bond donors (Lipinski definition) is 3. The molecule has 1 atom stereocenters. The van der Waals surface area contributed by atoms with Crippen LogP contribution in [0.25, 0.3) is 0 Å². The van der Waals surface area contributed by atoms with E-state index in [1.807, 2.05) is 13.0 Å². The Hall–Kier alpha value is -2.15. The quantitative estimate of drug-likeness (QED) is 0.805. The number of urea groups is 1. The molecule has 0 saturated heterocycles. The molecule has 1 aromatic carbocycles. The van der Waals surface area contributed by atoms with Crippen LogP contribution in [0.15, 0.2) is 18.2 Å². The van der Waals surface area contributed by atoms with Gasteiger partial charge in [0.15, 0.2) is 11.6 Å². The van der Waals surface area contributed by atoms with Crippen LogP contribution in [0.5, 0.6) is 0 Å². The van der Waals surface area contributed by atoms with Crippen LogP contribution < -0.4 is 10.6 Å². The molecule has 0 spiro atoms. The van der Waals surface area contributed by atoms with E-state index < -0.39 is 23.4 Å². The number of H-pyrrole nitrogens is 1. The maximum Gasteiger partial charge on any atom is 0.319 e. The van der Waals surface area contributed by atoms with Crippen molar-refractivity contribution in [2.24, 2.45) is 0 Å². The minimum atomic E-state index is -0.935. The highest BCUT2D eigenvalue weighted by Crippen LogP contribution is 2.23. The van der Waals surface area contributed by atoms with E-state index >= 15 is 0 Å². The van der Waals surface area contributed by atoms with Gasteiger partial charge in [-0.05, 0) is 32.0 Å². The van der Waals surface area contributed by atoms with Crippen molar-refractivity contribution >= 4 is 23.3 Å². The normalized spacial score (nSPS) is 12.0. The maximum absolute atomic E-state index is 13.6. The number of nitrogens with one attached hydrogen (secondary N) is 3. The van der Waals surface area contributed by atoms with Crippen LogP contribution in [0, 0.1) is 18.6 Å². The van der Waals surface area contributed by atoms with E-state index in [2.05, 4.69) is 20.8 Å². The molecular formula is C14H15ClF2N4O. The van der Waals surface area contributed by atoms with Gasteiger partial charge in [0, 0.05) is 23.2 Å². The van der Waals surface area contributed by atoms with E-state index in [0.717, 1.165) is 23.5 Å². The molecule has 0 unspecified atom stereocenters. The number of carbonyl (C=O) groups is 1. The second-order valence-electron chi connectivity index (χ2n) is 4.99. The third-order valence-electron chi connectivity index (χ3n) is 2.90. The SMILES string of the molecule is Cc1cc(C[C@H](C)NC(=O)Nc2c(F)cc(Cl)cc2F)n[nH]1. The summed E-state index contributed by atoms with van der Waals surface area (Å²) in [7, 11) is 0. The first kappa shape index (κ1) is 16.2. The molecule has 1 heterocycles. The Morgan fingerprint density at radius 2 is 2.00 bits per heavy atom. The summed E-state index contributed by atoms with van der Waals surface area (Å²) in [6.45, 7) is 3.63. The van der Waals surface area contributed by atoms with Crippen LogP contribution in [0.2, 0.25) is 5.02 Å². The molecule has 118 valence electrons. The predicted octanol–water partition coefficient (Wildman–Crippen LogP) is 3.40. The third-order valence-corrected chi connectivity index (χ3v) is 3.12. The molecule has 0 saturated carbocycles. The molecular weight excluding hydrogens is 314 g/mol. The Labute approximate surface area is 131 Å². The Morgan fingerprint density at radius 1 is 1.36 bits per heavy atom. The predicted molar refractivity (Wildman–Crippen MR) is 80.0 cm³/mol.